The molecule has 1 aromatic carbocycles. The molecule has 1 aliphatic carbocycles. The number of nitrogens with one attached hydrogen (secondary N) is 2. The normalized spacial score (nSPS) is 13.0. The first-order valence-corrected chi connectivity index (χ1v) is 11.4. The fourth-order valence-corrected chi connectivity index (χ4v) is 4.48. The van der Waals surface area contributed by atoms with Crippen LogP contribution < -0.4 is 16.3 Å². The fourth-order valence-electron chi connectivity index (χ4n) is 3.61. The van der Waals surface area contributed by atoms with E-state index in [9.17, 15) is 14.4 Å². The summed E-state index contributed by atoms with van der Waals surface area (Å²) in [6.45, 7) is 2.83. The van der Waals surface area contributed by atoms with Crippen LogP contribution in [0.4, 0.5) is 11.4 Å². The van der Waals surface area contributed by atoms with Crippen molar-refractivity contribution in [2.24, 2.45) is 0 Å². The number of nitrogens with zero attached hydrogens (tertiary/aromatic N) is 3. The number of fused-ring (bicyclic) bond motifs is 1. The van der Waals surface area contributed by atoms with Crippen molar-refractivity contribution >= 4 is 35.0 Å². The first-order chi connectivity index (χ1) is 14.8. The summed E-state index contributed by atoms with van der Waals surface area (Å²) in [7, 11) is 3.97. The number of amides is 2. The molecule has 0 bridgehead atoms. The Morgan fingerprint density at radius 3 is 2.58 bits per heavy atom. The molecule has 3 rings (SSSR count). The molecule has 9 heteroatoms. The van der Waals surface area contributed by atoms with Crippen molar-refractivity contribution in [3.8, 4) is 0 Å². The third kappa shape index (κ3) is 6.41. The lowest BCUT2D eigenvalue weighted by atomic mass is 9.97. The van der Waals surface area contributed by atoms with Crippen molar-refractivity contribution in [1.29, 1.82) is 0 Å². The number of likely N-dealkylation sites (N-methyl/N-ethyl adjacent to an activating group) is 1. The Balaban J connectivity index is 1.70. The average Bonchev–Trinajstić information content (AvgIpc) is 2.71. The summed E-state index contributed by atoms with van der Waals surface area (Å²) in [6.07, 6.45) is 3.88. The van der Waals surface area contributed by atoms with Gasteiger partial charge in [-0.3, -0.25) is 14.2 Å². The summed E-state index contributed by atoms with van der Waals surface area (Å²) < 4.78 is 1.80. The van der Waals surface area contributed by atoms with Crippen molar-refractivity contribution in [3.63, 3.8) is 0 Å². The standard InChI is InChI=1S/C22H29N5O3S/c1-15(28)23-16-7-6-8-17(13-16)24-20(29)14-31-21-18-9-4-5-10-19(18)27(22(30)25-21)12-11-26(2)3/h6-8,13H,4-5,9-12,14H2,1-3H3,(H,23,28)(H,24,29). The molecule has 1 aromatic heterocycles. The second kappa shape index (κ2) is 10.6. The van der Waals surface area contributed by atoms with Crippen molar-refractivity contribution in [3.05, 3.63) is 46.0 Å². The molecule has 0 atom stereocenters. The molecule has 0 fully saturated rings. The summed E-state index contributed by atoms with van der Waals surface area (Å²) >= 11 is 1.31. The predicted molar refractivity (Wildman–Crippen MR) is 124 cm³/mol. The van der Waals surface area contributed by atoms with Crippen molar-refractivity contribution in [2.75, 3.05) is 37.0 Å². The van der Waals surface area contributed by atoms with Crippen LogP contribution in [0.5, 0.6) is 0 Å². The molecule has 2 N–H and O–H groups in total. The number of aromatic nitrogens is 2. The average molecular weight is 444 g/mol. The van der Waals surface area contributed by atoms with E-state index in [0.717, 1.165) is 43.5 Å². The van der Waals surface area contributed by atoms with Gasteiger partial charge in [0.2, 0.25) is 11.8 Å². The van der Waals surface area contributed by atoms with Gasteiger partial charge in [0.25, 0.3) is 0 Å². The minimum absolute atomic E-state index is 0.158. The monoisotopic (exact) mass is 443 g/mol. The van der Waals surface area contributed by atoms with Gasteiger partial charge in [-0.15, -0.1) is 0 Å². The lowest BCUT2D eigenvalue weighted by molar-refractivity contribution is -0.114. The van der Waals surface area contributed by atoms with E-state index in [4.69, 9.17) is 0 Å². The van der Waals surface area contributed by atoms with Gasteiger partial charge < -0.3 is 15.5 Å². The van der Waals surface area contributed by atoms with Crippen molar-refractivity contribution < 1.29 is 9.59 Å². The van der Waals surface area contributed by atoms with E-state index in [1.54, 1.807) is 28.8 Å². The van der Waals surface area contributed by atoms with Crippen LogP contribution in [0.25, 0.3) is 0 Å². The molecule has 0 unspecified atom stereocenters. The van der Waals surface area contributed by atoms with Crippen LogP contribution in [0.1, 0.15) is 31.0 Å². The second-order valence-electron chi connectivity index (χ2n) is 7.89. The van der Waals surface area contributed by atoms with Gasteiger partial charge in [0.15, 0.2) is 0 Å². The zero-order valence-electron chi connectivity index (χ0n) is 18.2. The topological polar surface area (TPSA) is 96.3 Å². The van der Waals surface area contributed by atoms with E-state index < -0.39 is 0 Å². The molecule has 166 valence electrons. The summed E-state index contributed by atoms with van der Waals surface area (Å²) in [4.78, 5) is 42.7. The summed E-state index contributed by atoms with van der Waals surface area (Å²) in [5.41, 5.74) is 3.16. The highest BCUT2D eigenvalue weighted by molar-refractivity contribution is 8.00. The highest BCUT2D eigenvalue weighted by Gasteiger charge is 2.21. The lowest BCUT2D eigenvalue weighted by Crippen LogP contribution is -2.33. The maximum absolute atomic E-state index is 12.7. The summed E-state index contributed by atoms with van der Waals surface area (Å²) in [5, 5.41) is 6.20. The fraction of sp³-hybridized carbons (Fsp3) is 0.455. The van der Waals surface area contributed by atoms with E-state index in [-0.39, 0.29) is 23.3 Å². The van der Waals surface area contributed by atoms with E-state index >= 15 is 0 Å². The minimum atomic E-state index is -0.242. The number of carbonyl (C=O) groups is 2. The molecule has 0 saturated carbocycles. The van der Waals surface area contributed by atoms with Gasteiger partial charge in [-0.1, -0.05) is 17.8 Å². The molecule has 0 spiro atoms. The predicted octanol–water partition coefficient (Wildman–Crippen LogP) is 2.37. The largest absolute Gasteiger partial charge is 0.348 e. The van der Waals surface area contributed by atoms with E-state index in [0.29, 0.717) is 22.9 Å². The number of rotatable bonds is 8. The van der Waals surface area contributed by atoms with Gasteiger partial charge in [0.05, 0.1) is 5.75 Å². The Labute approximate surface area is 186 Å². The molecule has 0 aliphatic heterocycles. The second-order valence-corrected chi connectivity index (χ2v) is 8.85. The number of hydrogen-bond donors (Lipinski definition) is 2. The molecule has 2 amide bonds. The molecule has 2 aromatic rings. The van der Waals surface area contributed by atoms with Crippen LogP contribution in [0.2, 0.25) is 0 Å². The quantitative estimate of drug-likeness (QED) is 0.480. The molecule has 1 heterocycles. The Morgan fingerprint density at radius 2 is 1.87 bits per heavy atom. The van der Waals surface area contributed by atoms with Gasteiger partial charge in [0.1, 0.15) is 5.03 Å². The number of benzene rings is 1. The van der Waals surface area contributed by atoms with Crippen molar-refractivity contribution in [1.82, 2.24) is 14.5 Å². The molecule has 0 radical (unpaired) electrons. The maximum Gasteiger partial charge on any atom is 0.348 e. The highest BCUT2D eigenvalue weighted by Crippen LogP contribution is 2.28. The Kier molecular flexibility index (Phi) is 7.86. The summed E-state index contributed by atoms with van der Waals surface area (Å²) in [5.74, 6) is -0.200. The third-order valence-electron chi connectivity index (χ3n) is 5.03. The molecule has 1 aliphatic rings. The number of hydrogen-bond acceptors (Lipinski definition) is 6. The van der Waals surface area contributed by atoms with E-state index in [2.05, 4.69) is 20.5 Å². The number of carbonyl (C=O) groups excluding carboxylic acids is 2. The zero-order valence-corrected chi connectivity index (χ0v) is 19.1. The first kappa shape index (κ1) is 23.0. The molecule has 8 nitrogen and oxygen atoms in total. The molecule has 0 saturated heterocycles. The van der Waals surface area contributed by atoms with Gasteiger partial charge in [0, 0.05) is 42.6 Å². The van der Waals surface area contributed by atoms with Crippen LogP contribution in [-0.4, -0.2) is 52.7 Å². The number of thioether (sulfide) groups is 1. The Hall–Kier alpha value is -2.65. The Bertz CT molecular complexity index is 1020. The van der Waals surface area contributed by atoms with Gasteiger partial charge in [-0.05, 0) is 58.0 Å². The van der Waals surface area contributed by atoms with Crippen LogP contribution >= 0.6 is 11.8 Å². The number of anilines is 2. The molecular formula is C22H29N5O3S. The first-order valence-electron chi connectivity index (χ1n) is 10.4. The molecule has 31 heavy (non-hydrogen) atoms. The van der Waals surface area contributed by atoms with Gasteiger partial charge >= 0.3 is 5.69 Å². The van der Waals surface area contributed by atoms with E-state index in [1.807, 2.05) is 14.1 Å². The van der Waals surface area contributed by atoms with Gasteiger partial charge in [-0.2, -0.15) is 4.98 Å². The SMILES string of the molecule is CC(=O)Nc1cccc(NC(=O)CSc2nc(=O)n(CCN(C)C)c3c2CCCC3)c1. The van der Waals surface area contributed by atoms with Crippen LogP contribution in [0.15, 0.2) is 34.1 Å². The van der Waals surface area contributed by atoms with E-state index in [1.165, 1.54) is 18.7 Å². The van der Waals surface area contributed by atoms with Gasteiger partial charge in [-0.25, -0.2) is 4.79 Å². The highest BCUT2D eigenvalue weighted by atomic mass is 32.2. The van der Waals surface area contributed by atoms with Crippen LogP contribution in [0.3, 0.4) is 0 Å². The van der Waals surface area contributed by atoms with Crippen LogP contribution in [-0.2, 0) is 29.0 Å². The zero-order chi connectivity index (χ0) is 22.4. The lowest BCUT2D eigenvalue weighted by Gasteiger charge is -2.23. The smallest absolute Gasteiger partial charge is 0.326 e. The van der Waals surface area contributed by atoms with Crippen molar-refractivity contribution in [2.45, 2.75) is 44.2 Å². The van der Waals surface area contributed by atoms with Crippen LogP contribution in [0, 0.1) is 0 Å². The third-order valence-corrected chi connectivity index (χ3v) is 6.05. The maximum atomic E-state index is 12.7. The minimum Gasteiger partial charge on any atom is -0.326 e. The molecular weight excluding hydrogens is 414 g/mol. The Morgan fingerprint density at radius 1 is 1.16 bits per heavy atom. The summed E-state index contributed by atoms with van der Waals surface area (Å²) in [6, 6.07) is 6.99.